The van der Waals surface area contributed by atoms with Crippen LogP contribution >= 0.6 is 0 Å². The number of amides is 1. The highest BCUT2D eigenvalue weighted by molar-refractivity contribution is 5.83. The molecule has 3 N–H and O–H groups in total. The molecular formula is C25H30N4O2. The fourth-order valence-electron chi connectivity index (χ4n) is 4.09. The zero-order valence-electron chi connectivity index (χ0n) is 18.3. The van der Waals surface area contributed by atoms with Gasteiger partial charge in [0.1, 0.15) is 11.9 Å². The maximum atomic E-state index is 12.9. The Morgan fingerprint density at radius 2 is 1.74 bits per heavy atom. The van der Waals surface area contributed by atoms with Gasteiger partial charge in [0.2, 0.25) is 5.91 Å². The van der Waals surface area contributed by atoms with Gasteiger partial charge in [-0.1, -0.05) is 54.1 Å². The van der Waals surface area contributed by atoms with Crippen molar-refractivity contribution in [1.29, 1.82) is 0 Å². The van der Waals surface area contributed by atoms with E-state index in [1.807, 2.05) is 18.0 Å². The molecule has 4 rings (SSSR count). The number of methoxy groups -OCH3 is 1. The van der Waals surface area contributed by atoms with Crippen LogP contribution in [0.15, 0.2) is 54.7 Å². The second-order valence-corrected chi connectivity index (χ2v) is 8.28. The summed E-state index contributed by atoms with van der Waals surface area (Å²) in [5.74, 6) is 0.720. The van der Waals surface area contributed by atoms with Crippen LogP contribution in [-0.2, 0) is 9.53 Å². The summed E-state index contributed by atoms with van der Waals surface area (Å²) in [6.07, 6.45) is 3.33. The van der Waals surface area contributed by atoms with E-state index < -0.39 is 6.04 Å². The first-order valence-corrected chi connectivity index (χ1v) is 10.8. The summed E-state index contributed by atoms with van der Waals surface area (Å²) in [4.78, 5) is 22.7. The Morgan fingerprint density at radius 3 is 2.39 bits per heavy atom. The minimum atomic E-state index is -0.672. The van der Waals surface area contributed by atoms with Gasteiger partial charge in [0.25, 0.3) is 0 Å². The van der Waals surface area contributed by atoms with E-state index in [1.165, 1.54) is 16.7 Å². The maximum absolute atomic E-state index is 12.9. The summed E-state index contributed by atoms with van der Waals surface area (Å²) < 4.78 is 5.25. The zero-order valence-corrected chi connectivity index (χ0v) is 18.3. The predicted molar refractivity (Wildman–Crippen MR) is 122 cm³/mol. The van der Waals surface area contributed by atoms with Crippen LogP contribution in [0.4, 0.5) is 0 Å². The van der Waals surface area contributed by atoms with Crippen molar-refractivity contribution in [3.8, 4) is 22.4 Å². The minimum absolute atomic E-state index is 0.0804. The van der Waals surface area contributed by atoms with Crippen molar-refractivity contribution in [2.24, 2.45) is 5.73 Å². The van der Waals surface area contributed by atoms with Crippen LogP contribution in [0.1, 0.15) is 37.2 Å². The highest BCUT2D eigenvalue weighted by Crippen LogP contribution is 2.32. The number of hydrogen-bond acceptors (Lipinski definition) is 4. The molecule has 0 unspecified atom stereocenters. The molecule has 0 aliphatic carbocycles. The van der Waals surface area contributed by atoms with E-state index in [4.69, 9.17) is 10.5 Å². The number of nitrogens with two attached hydrogens (primary N) is 1. The molecule has 3 aromatic rings. The fourth-order valence-corrected chi connectivity index (χ4v) is 4.09. The molecular weight excluding hydrogens is 388 g/mol. The molecule has 1 aliphatic heterocycles. The molecule has 1 fully saturated rings. The van der Waals surface area contributed by atoms with Crippen LogP contribution in [0.2, 0.25) is 0 Å². The third-order valence-corrected chi connectivity index (χ3v) is 6.19. The molecule has 2 aromatic carbocycles. The summed E-state index contributed by atoms with van der Waals surface area (Å²) in [5, 5.41) is 0. The number of likely N-dealkylation sites (tertiary alicyclic amines) is 1. The Balaban J connectivity index is 1.51. The van der Waals surface area contributed by atoms with Gasteiger partial charge in [0, 0.05) is 13.7 Å². The highest BCUT2D eigenvalue weighted by atomic mass is 16.5. The molecule has 1 aromatic heterocycles. The van der Waals surface area contributed by atoms with Crippen molar-refractivity contribution < 1.29 is 9.53 Å². The number of rotatable bonds is 6. The average molecular weight is 419 g/mol. The number of nitrogens with zero attached hydrogens (tertiary/aromatic N) is 2. The first kappa shape index (κ1) is 21.3. The molecule has 2 heterocycles. The molecule has 0 saturated carbocycles. The molecule has 162 valence electrons. The number of carbonyl (C=O) groups excluding carboxylic acids is 1. The van der Waals surface area contributed by atoms with Gasteiger partial charge in [-0.2, -0.15) is 0 Å². The maximum Gasteiger partial charge on any atom is 0.242 e. The summed E-state index contributed by atoms with van der Waals surface area (Å²) in [6, 6.07) is 16.2. The van der Waals surface area contributed by atoms with Crippen LogP contribution < -0.4 is 5.73 Å². The van der Waals surface area contributed by atoms with E-state index in [0.717, 1.165) is 29.9 Å². The minimum Gasteiger partial charge on any atom is -0.380 e. The lowest BCUT2D eigenvalue weighted by Gasteiger charge is -2.28. The number of nitrogens with one attached hydrogen (secondary N) is 1. The largest absolute Gasteiger partial charge is 0.380 e. The number of aromatic amines is 1. The predicted octanol–water partition coefficient (Wildman–Crippen LogP) is 4.08. The fraction of sp³-hybridized carbons (Fsp3) is 0.360. The molecule has 31 heavy (non-hydrogen) atoms. The number of benzene rings is 2. The summed E-state index contributed by atoms with van der Waals surface area (Å²) in [6.45, 7) is 4.60. The third kappa shape index (κ3) is 4.40. The number of H-pyrrole nitrogens is 1. The first-order valence-electron chi connectivity index (χ1n) is 10.8. The van der Waals surface area contributed by atoms with Gasteiger partial charge in [-0.15, -0.1) is 0 Å². The smallest absolute Gasteiger partial charge is 0.242 e. The molecule has 0 radical (unpaired) electrons. The second kappa shape index (κ2) is 9.04. The van der Waals surface area contributed by atoms with Crippen LogP contribution in [0.25, 0.3) is 22.4 Å². The van der Waals surface area contributed by atoms with Crippen molar-refractivity contribution in [2.75, 3.05) is 13.7 Å². The Kier molecular flexibility index (Phi) is 6.20. The van der Waals surface area contributed by atoms with Gasteiger partial charge in [0.15, 0.2) is 0 Å². The number of aromatic nitrogens is 2. The van der Waals surface area contributed by atoms with E-state index in [0.29, 0.717) is 6.54 Å². The number of hydrogen-bond donors (Lipinski definition) is 2. The van der Waals surface area contributed by atoms with Gasteiger partial charge >= 0.3 is 0 Å². The normalized spacial score (nSPS) is 18.2. The summed E-state index contributed by atoms with van der Waals surface area (Å²) in [5.41, 5.74) is 11.7. The zero-order chi connectivity index (χ0) is 22.0. The summed E-state index contributed by atoms with van der Waals surface area (Å²) >= 11 is 0. The van der Waals surface area contributed by atoms with E-state index in [1.54, 1.807) is 7.11 Å². The van der Waals surface area contributed by atoms with E-state index in [2.05, 4.69) is 65.4 Å². The first-order chi connectivity index (χ1) is 15.0. The van der Waals surface area contributed by atoms with E-state index >= 15 is 0 Å². The lowest BCUT2D eigenvalue weighted by Crippen LogP contribution is -2.49. The van der Waals surface area contributed by atoms with Gasteiger partial charge in [-0.3, -0.25) is 4.79 Å². The van der Waals surface area contributed by atoms with Gasteiger partial charge in [-0.25, -0.2) is 4.98 Å². The van der Waals surface area contributed by atoms with Gasteiger partial charge < -0.3 is 20.4 Å². The van der Waals surface area contributed by atoms with E-state index in [9.17, 15) is 4.79 Å². The van der Waals surface area contributed by atoms with Crippen molar-refractivity contribution in [3.63, 3.8) is 0 Å². The van der Waals surface area contributed by atoms with Crippen LogP contribution in [-0.4, -0.2) is 46.6 Å². The summed E-state index contributed by atoms with van der Waals surface area (Å²) in [7, 11) is 1.57. The standard InChI is InChI=1S/C25H30N4O2/c1-16-6-8-18(9-7-16)19-10-12-20(13-11-19)21-15-27-24(28-21)22-5-4-14-29(22)25(30)23(26)17(2)31-3/h6-13,15,17,22-23H,4-5,14,26H2,1-3H3,(H,27,28)/t17-,22+,23+/m1/s1. The number of ether oxygens (including phenoxy) is 1. The van der Waals surface area contributed by atoms with Crippen LogP contribution in [0.5, 0.6) is 0 Å². The topological polar surface area (TPSA) is 84.2 Å². The molecule has 1 aliphatic rings. The Morgan fingerprint density at radius 1 is 1.13 bits per heavy atom. The molecule has 3 atom stereocenters. The van der Waals surface area contributed by atoms with Crippen molar-refractivity contribution >= 4 is 5.91 Å². The van der Waals surface area contributed by atoms with Crippen LogP contribution in [0, 0.1) is 6.92 Å². The number of aryl methyl sites for hydroxylation is 1. The average Bonchev–Trinajstić information content (AvgIpc) is 3.48. The van der Waals surface area contributed by atoms with Crippen molar-refractivity contribution in [1.82, 2.24) is 14.9 Å². The molecule has 1 saturated heterocycles. The van der Waals surface area contributed by atoms with Gasteiger partial charge in [0.05, 0.1) is 24.0 Å². The third-order valence-electron chi connectivity index (χ3n) is 6.19. The van der Waals surface area contributed by atoms with Crippen molar-refractivity contribution in [3.05, 3.63) is 66.1 Å². The quantitative estimate of drug-likeness (QED) is 0.632. The Labute approximate surface area is 183 Å². The molecule has 6 nitrogen and oxygen atoms in total. The number of carbonyl (C=O) groups is 1. The lowest BCUT2D eigenvalue weighted by molar-refractivity contribution is -0.136. The van der Waals surface area contributed by atoms with Crippen molar-refractivity contribution in [2.45, 2.75) is 44.9 Å². The Hall–Kier alpha value is -2.96. The molecule has 0 bridgehead atoms. The monoisotopic (exact) mass is 418 g/mol. The molecule has 1 amide bonds. The van der Waals surface area contributed by atoms with Crippen LogP contribution in [0.3, 0.4) is 0 Å². The SMILES string of the molecule is CO[C@H](C)[C@H](N)C(=O)N1CCC[C@H]1c1ncc(-c2ccc(-c3ccc(C)cc3)cc2)[nH]1. The second-order valence-electron chi connectivity index (χ2n) is 8.28. The lowest BCUT2D eigenvalue weighted by atomic mass is 10.0. The van der Waals surface area contributed by atoms with E-state index in [-0.39, 0.29) is 18.1 Å². The molecule has 0 spiro atoms. The molecule has 6 heteroatoms. The number of imidazole rings is 1. The highest BCUT2D eigenvalue weighted by Gasteiger charge is 2.36. The Bertz CT molecular complexity index is 1030. The van der Waals surface area contributed by atoms with Gasteiger partial charge in [-0.05, 0) is 43.4 Å².